The molecule has 0 radical (unpaired) electrons. The maximum atomic E-state index is 13.4. The van der Waals surface area contributed by atoms with Gasteiger partial charge in [0.15, 0.2) is 5.69 Å². The van der Waals surface area contributed by atoms with Crippen molar-refractivity contribution in [3.05, 3.63) is 47.0 Å². The molecule has 1 aromatic carbocycles. The number of benzene rings is 1. The van der Waals surface area contributed by atoms with E-state index in [0.717, 1.165) is 0 Å². The van der Waals surface area contributed by atoms with Crippen LogP contribution in [-0.2, 0) is 4.74 Å². The maximum Gasteiger partial charge on any atom is 0.358 e. The molecule has 0 atom stereocenters. The molecule has 2 N–H and O–H groups in total. The van der Waals surface area contributed by atoms with Gasteiger partial charge in [-0.15, -0.1) is 0 Å². The van der Waals surface area contributed by atoms with Gasteiger partial charge in [-0.1, -0.05) is 17.7 Å². The third-order valence-corrected chi connectivity index (χ3v) is 2.86. The highest BCUT2D eigenvalue weighted by atomic mass is 35.5. The summed E-state index contributed by atoms with van der Waals surface area (Å²) < 4.78 is 17.9. The van der Waals surface area contributed by atoms with Gasteiger partial charge in [-0.25, -0.2) is 14.2 Å². The number of nitrogens with zero attached hydrogens (tertiary/aromatic N) is 1. The van der Waals surface area contributed by atoms with Gasteiger partial charge in [0.25, 0.3) is 0 Å². The third-order valence-electron chi connectivity index (χ3n) is 2.55. The molecule has 0 aliphatic heterocycles. The Morgan fingerprint density at radius 1 is 1.37 bits per heavy atom. The van der Waals surface area contributed by atoms with Gasteiger partial charge < -0.3 is 10.5 Å². The fourth-order valence-electron chi connectivity index (χ4n) is 1.58. The average Bonchev–Trinajstić information content (AvgIpc) is 2.41. The van der Waals surface area contributed by atoms with Crippen LogP contribution >= 0.6 is 11.6 Å². The highest BCUT2D eigenvalue weighted by molar-refractivity contribution is 6.30. The van der Waals surface area contributed by atoms with Gasteiger partial charge in [-0.2, -0.15) is 0 Å². The second-order valence-corrected chi connectivity index (χ2v) is 4.19. The van der Waals surface area contributed by atoms with E-state index in [1.807, 2.05) is 0 Å². The predicted molar refractivity (Wildman–Crippen MR) is 70.4 cm³/mol. The number of anilines is 1. The number of rotatable bonds is 2. The number of nitrogens with two attached hydrogens (primary N) is 1. The highest BCUT2D eigenvalue weighted by Crippen LogP contribution is 2.26. The van der Waals surface area contributed by atoms with Gasteiger partial charge in [0.05, 0.1) is 17.8 Å². The summed E-state index contributed by atoms with van der Waals surface area (Å²) in [6.45, 7) is 0. The lowest BCUT2D eigenvalue weighted by atomic mass is 10.1. The van der Waals surface area contributed by atoms with Crippen LogP contribution in [0.3, 0.4) is 0 Å². The van der Waals surface area contributed by atoms with Crippen LogP contribution in [-0.4, -0.2) is 18.1 Å². The zero-order chi connectivity index (χ0) is 14.0. The highest BCUT2D eigenvalue weighted by Gasteiger charge is 2.13. The van der Waals surface area contributed by atoms with E-state index in [1.54, 1.807) is 6.07 Å². The first-order chi connectivity index (χ1) is 9.02. The number of esters is 1. The van der Waals surface area contributed by atoms with Crippen LogP contribution in [0.1, 0.15) is 10.5 Å². The Labute approximate surface area is 114 Å². The van der Waals surface area contributed by atoms with E-state index in [9.17, 15) is 9.18 Å². The van der Waals surface area contributed by atoms with E-state index >= 15 is 0 Å². The van der Waals surface area contributed by atoms with Gasteiger partial charge in [0, 0.05) is 11.8 Å². The molecule has 0 saturated carbocycles. The third kappa shape index (κ3) is 2.66. The van der Waals surface area contributed by atoms with Crippen LogP contribution < -0.4 is 5.73 Å². The number of hydrogen-bond donors (Lipinski definition) is 1. The molecule has 0 spiro atoms. The Hall–Kier alpha value is -2.14. The normalized spacial score (nSPS) is 10.3. The van der Waals surface area contributed by atoms with Crippen molar-refractivity contribution >= 4 is 23.3 Å². The standard InChI is InChI=1S/C13H10ClFN2O2/c1-19-13(18)12-11(16)5-8(6-17-12)7-2-3-9(14)10(15)4-7/h2-6H,16H2,1H3. The first-order valence-electron chi connectivity index (χ1n) is 5.32. The van der Waals surface area contributed by atoms with Crippen molar-refractivity contribution < 1.29 is 13.9 Å². The summed E-state index contributed by atoms with van der Waals surface area (Å²) in [5.41, 5.74) is 7.07. The number of carbonyl (C=O) groups excluding carboxylic acids is 1. The molecule has 2 rings (SSSR count). The lowest BCUT2D eigenvalue weighted by Crippen LogP contribution is -2.08. The molecule has 98 valence electrons. The quantitative estimate of drug-likeness (QED) is 0.859. The molecular formula is C13H10ClFN2O2. The maximum absolute atomic E-state index is 13.4. The van der Waals surface area contributed by atoms with Crippen LogP contribution in [0.2, 0.25) is 5.02 Å². The van der Waals surface area contributed by atoms with Gasteiger partial charge in [0.2, 0.25) is 0 Å². The molecule has 0 aliphatic carbocycles. The van der Waals surface area contributed by atoms with E-state index < -0.39 is 11.8 Å². The van der Waals surface area contributed by atoms with Gasteiger partial charge in [-0.05, 0) is 23.8 Å². The van der Waals surface area contributed by atoms with Crippen LogP contribution in [0.5, 0.6) is 0 Å². The second-order valence-electron chi connectivity index (χ2n) is 3.78. The first kappa shape index (κ1) is 13.3. The smallest absolute Gasteiger partial charge is 0.358 e. The number of ether oxygens (including phenoxy) is 1. The first-order valence-corrected chi connectivity index (χ1v) is 5.70. The van der Waals surface area contributed by atoms with E-state index in [4.69, 9.17) is 17.3 Å². The van der Waals surface area contributed by atoms with Crippen molar-refractivity contribution in [2.24, 2.45) is 0 Å². The SMILES string of the molecule is COC(=O)c1ncc(-c2ccc(Cl)c(F)c2)cc1N. The lowest BCUT2D eigenvalue weighted by Gasteiger charge is -2.06. The Balaban J connectivity index is 2.44. The van der Waals surface area contributed by atoms with E-state index in [-0.39, 0.29) is 16.4 Å². The summed E-state index contributed by atoms with van der Waals surface area (Å²) in [7, 11) is 1.24. The van der Waals surface area contributed by atoms with Crippen LogP contribution in [0, 0.1) is 5.82 Å². The lowest BCUT2D eigenvalue weighted by molar-refractivity contribution is 0.0595. The van der Waals surface area contributed by atoms with Crippen LogP contribution in [0.15, 0.2) is 30.5 Å². The number of nitrogen functional groups attached to an aromatic ring is 1. The molecule has 4 nitrogen and oxygen atoms in total. The fourth-order valence-corrected chi connectivity index (χ4v) is 1.70. The molecule has 0 amide bonds. The fraction of sp³-hybridized carbons (Fsp3) is 0.0769. The Morgan fingerprint density at radius 2 is 2.11 bits per heavy atom. The predicted octanol–water partition coefficient (Wildman–Crippen LogP) is 2.91. The van der Waals surface area contributed by atoms with Gasteiger partial charge in [-0.3, -0.25) is 0 Å². The Bertz CT molecular complexity index is 647. The Morgan fingerprint density at radius 3 is 2.68 bits per heavy atom. The van der Waals surface area contributed by atoms with Crippen molar-refractivity contribution in [3.8, 4) is 11.1 Å². The van der Waals surface area contributed by atoms with Crippen molar-refractivity contribution in [2.75, 3.05) is 12.8 Å². The second kappa shape index (κ2) is 5.24. The minimum Gasteiger partial charge on any atom is -0.464 e. The zero-order valence-electron chi connectivity index (χ0n) is 9.98. The molecule has 0 aliphatic rings. The van der Waals surface area contributed by atoms with Crippen LogP contribution in [0.25, 0.3) is 11.1 Å². The number of pyridine rings is 1. The van der Waals surface area contributed by atoms with Crippen LogP contribution in [0.4, 0.5) is 10.1 Å². The van der Waals surface area contributed by atoms with E-state index in [1.165, 1.54) is 31.5 Å². The number of methoxy groups -OCH3 is 1. The molecule has 0 unspecified atom stereocenters. The van der Waals surface area contributed by atoms with E-state index in [2.05, 4.69) is 9.72 Å². The number of halogens is 2. The molecule has 0 saturated heterocycles. The van der Waals surface area contributed by atoms with Crippen molar-refractivity contribution in [2.45, 2.75) is 0 Å². The number of aromatic nitrogens is 1. The minimum atomic E-state index is -0.619. The molecule has 1 heterocycles. The molecule has 6 heteroatoms. The average molecular weight is 281 g/mol. The summed E-state index contributed by atoms with van der Waals surface area (Å²) in [5.74, 6) is -1.15. The summed E-state index contributed by atoms with van der Waals surface area (Å²) in [5, 5.41) is 0.0378. The summed E-state index contributed by atoms with van der Waals surface area (Å²) in [6, 6.07) is 5.88. The molecule has 2 aromatic rings. The number of carbonyl (C=O) groups is 1. The largest absolute Gasteiger partial charge is 0.464 e. The molecule has 19 heavy (non-hydrogen) atoms. The molecule has 1 aromatic heterocycles. The number of hydrogen-bond acceptors (Lipinski definition) is 4. The zero-order valence-corrected chi connectivity index (χ0v) is 10.7. The topological polar surface area (TPSA) is 65.2 Å². The van der Waals surface area contributed by atoms with E-state index in [0.29, 0.717) is 11.1 Å². The molecule has 0 bridgehead atoms. The van der Waals surface area contributed by atoms with Crippen molar-refractivity contribution in [1.82, 2.24) is 4.98 Å². The summed E-state index contributed by atoms with van der Waals surface area (Å²) >= 11 is 5.61. The summed E-state index contributed by atoms with van der Waals surface area (Å²) in [6.07, 6.45) is 1.42. The van der Waals surface area contributed by atoms with Gasteiger partial charge >= 0.3 is 5.97 Å². The summed E-state index contributed by atoms with van der Waals surface area (Å²) in [4.78, 5) is 15.3. The van der Waals surface area contributed by atoms with Crippen molar-refractivity contribution in [3.63, 3.8) is 0 Å². The van der Waals surface area contributed by atoms with Crippen molar-refractivity contribution in [1.29, 1.82) is 0 Å². The monoisotopic (exact) mass is 280 g/mol. The Kier molecular flexibility index (Phi) is 3.66. The molecule has 0 fully saturated rings. The van der Waals surface area contributed by atoms with Gasteiger partial charge in [0.1, 0.15) is 5.82 Å². The molecular weight excluding hydrogens is 271 g/mol. The minimum absolute atomic E-state index is 0.0284.